The number of hydrogen-bond acceptors (Lipinski definition) is 3. The van der Waals surface area contributed by atoms with Gasteiger partial charge in [0.05, 0.1) is 6.54 Å². The number of nitrogens with zero attached hydrogens (tertiary/aromatic N) is 1. The Hall–Kier alpha value is -0.670. The first kappa shape index (κ1) is 11.4. The van der Waals surface area contributed by atoms with Crippen LogP contribution in [0.25, 0.3) is 0 Å². The predicted octanol–water partition coefficient (Wildman–Crippen LogP) is 2.55. The van der Waals surface area contributed by atoms with Crippen molar-refractivity contribution < 1.29 is 4.79 Å². The number of likely N-dealkylation sites (N-methyl/N-ethyl adjacent to an activating group) is 1. The fourth-order valence-electron chi connectivity index (χ4n) is 1.38. The fourth-order valence-corrected chi connectivity index (χ4v) is 2.17. The summed E-state index contributed by atoms with van der Waals surface area (Å²) < 4.78 is 0. The van der Waals surface area contributed by atoms with E-state index in [1.807, 2.05) is 20.0 Å². The summed E-state index contributed by atoms with van der Waals surface area (Å²) in [4.78, 5) is 14.7. The van der Waals surface area contributed by atoms with Crippen LogP contribution in [0.1, 0.15) is 24.6 Å². The molecule has 14 heavy (non-hydrogen) atoms. The second-order valence-corrected chi connectivity index (χ2v) is 4.57. The van der Waals surface area contributed by atoms with E-state index in [2.05, 4.69) is 16.3 Å². The average molecular weight is 211 g/mol. The van der Waals surface area contributed by atoms with Gasteiger partial charge in [0.25, 0.3) is 0 Å². The van der Waals surface area contributed by atoms with Gasteiger partial charge in [0, 0.05) is 17.8 Å². The maximum atomic E-state index is 11.3. The SMILES string of the molecule is CCCC(=O)CN(C)Cc1cccs1. The Morgan fingerprint density at radius 2 is 2.36 bits per heavy atom. The number of carbonyl (C=O) groups is 1. The van der Waals surface area contributed by atoms with E-state index in [-0.39, 0.29) is 0 Å². The quantitative estimate of drug-likeness (QED) is 0.720. The molecule has 0 aliphatic rings. The average Bonchev–Trinajstić information content (AvgIpc) is 2.56. The van der Waals surface area contributed by atoms with E-state index in [4.69, 9.17) is 0 Å². The minimum atomic E-state index is 0.339. The highest BCUT2D eigenvalue weighted by atomic mass is 32.1. The Balaban J connectivity index is 2.29. The van der Waals surface area contributed by atoms with Gasteiger partial charge in [-0.1, -0.05) is 13.0 Å². The first-order valence-corrected chi connectivity index (χ1v) is 5.83. The first-order chi connectivity index (χ1) is 6.72. The molecule has 1 aromatic heterocycles. The lowest BCUT2D eigenvalue weighted by atomic mass is 10.2. The molecule has 1 aromatic rings. The predicted molar refractivity (Wildman–Crippen MR) is 60.6 cm³/mol. The van der Waals surface area contributed by atoms with Crippen molar-refractivity contribution in [3.8, 4) is 0 Å². The van der Waals surface area contributed by atoms with Gasteiger partial charge in [0.2, 0.25) is 0 Å². The zero-order chi connectivity index (χ0) is 10.4. The highest BCUT2D eigenvalue weighted by Gasteiger charge is 2.06. The zero-order valence-electron chi connectivity index (χ0n) is 8.82. The summed E-state index contributed by atoms with van der Waals surface area (Å²) in [6.07, 6.45) is 1.65. The van der Waals surface area contributed by atoms with Crippen LogP contribution < -0.4 is 0 Å². The molecule has 0 saturated carbocycles. The van der Waals surface area contributed by atoms with E-state index < -0.39 is 0 Å². The number of ketones is 1. The maximum Gasteiger partial charge on any atom is 0.146 e. The molecule has 0 atom stereocenters. The van der Waals surface area contributed by atoms with Crippen LogP contribution in [-0.4, -0.2) is 24.3 Å². The molecule has 2 nitrogen and oxygen atoms in total. The van der Waals surface area contributed by atoms with Crippen molar-refractivity contribution in [1.82, 2.24) is 4.90 Å². The van der Waals surface area contributed by atoms with Crippen LogP contribution in [0.3, 0.4) is 0 Å². The highest BCUT2D eigenvalue weighted by molar-refractivity contribution is 7.09. The molecule has 0 N–H and O–H groups in total. The third kappa shape index (κ3) is 4.03. The Kier molecular flexibility index (Phi) is 4.84. The number of thiophene rings is 1. The summed E-state index contributed by atoms with van der Waals surface area (Å²) in [5.41, 5.74) is 0. The molecule has 0 aliphatic carbocycles. The van der Waals surface area contributed by atoms with Gasteiger partial charge < -0.3 is 0 Å². The van der Waals surface area contributed by atoms with Crippen molar-refractivity contribution >= 4 is 17.1 Å². The lowest BCUT2D eigenvalue weighted by Gasteiger charge is -2.13. The monoisotopic (exact) mass is 211 g/mol. The molecule has 0 spiro atoms. The summed E-state index contributed by atoms with van der Waals surface area (Å²) in [5, 5.41) is 2.07. The van der Waals surface area contributed by atoms with Crippen LogP contribution in [-0.2, 0) is 11.3 Å². The van der Waals surface area contributed by atoms with Gasteiger partial charge >= 0.3 is 0 Å². The van der Waals surface area contributed by atoms with Gasteiger partial charge in [-0.15, -0.1) is 11.3 Å². The van der Waals surface area contributed by atoms with Crippen LogP contribution >= 0.6 is 11.3 Å². The standard InChI is InChI=1S/C11H17NOS/c1-3-5-10(13)8-12(2)9-11-6-4-7-14-11/h4,6-7H,3,5,8-9H2,1-2H3. The van der Waals surface area contributed by atoms with Crippen LogP contribution in [0.15, 0.2) is 17.5 Å². The van der Waals surface area contributed by atoms with Crippen molar-refractivity contribution in [3.05, 3.63) is 22.4 Å². The minimum absolute atomic E-state index is 0.339. The van der Waals surface area contributed by atoms with Gasteiger partial charge in [-0.3, -0.25) is 9.69 Å². The van der Waals surface area contributed by atoms with E-state index in [1.54, 1.807) is 11.3 Å². The third-order valence-electron chi connectivity index (χ3n) is 1.98. The van der Waals surface area contributed by atoms with Crippen LogP contribution in [0.2, 0.25) is 0 Å². The van der Waals surface area contributed by atoms with Crippen molar-refractivity contribution in [2.24, 2.45) is 0 Å². The Morgan fingerprint density at radius 3 is 2.93 bits per heavy atom. The number of hydrogen-bond donors (Lipinski definition) is 0. The summed E-state index contributed by atoms with van der Waals surface area (Å²) >= 11 is 1.74. The number of Topliss-reactive ketones (excluding diaryl/α,β-unsaturated/α-hetero) is 1. The van der Waals surface area contributed by atoms with Crippen LogP contribution in [0.4, 0.5) is 0 Å². The molecule has 0 amide bonds. The van der Waals surface area contributed by atoms with Crippen molar-refractivity contribution in [2.45, 2.75) is 26.3 Å². The van der Waals surface area contributed by atoms with E-state index >= 15 is 0 Å². The summed E-state index contributed by atoms with van der Waals surface area (Å²) in [6, 6.07) is 4.15. The molecule has 1 heterocycles. The van der Waals surface area contributed by atoms with Gasteiger partial charge in [-0.25, -0.2) is 0 Å². The molecule has 0 saturated heterocycles. The van der Waals surface area contributed by atoms with Crippen LogP contribution in [0.5, 0.6) is 0 Å². The van der Waals surface area contributed by atoms with Gasteiger partial charge in [0.15, 0.2) is 0 Å². The summed E-state index contributed by atoms with van der Waals surface area (Å²) in [7, 11) is 1.99. The topological polar surface area (TPSA) is 20.3 Å². The van der Waals surface area contributed by atoms with Crippen molar-refractivity contribution in [3.63, 3.8) is 0 Å². The molecular formula is C11H17NOS. The lowest BCUT2D eigenvalue weighted by molar-refractivity contribution is -0.120. The van der Waals surface area contributed by atoms with E-state index in [0.717, 1.165) is 13.0 Å². The Bertz CT molecular complexity index is 269. The molecule has 78 valence electrons. The highest BCUT2D eigenvalue weighted by Crippen LogP contribution is 2.10. The molecule has 0 fully saturated rings. The molecule has 3 heteroatoms. The number of rotatable bonds is 6. The van der Waals surface area contributed by atoms with Crippen LogP contribution in [0, 0.1) is 0 Å². The number of carbonyl (C=O) groups excluding carboxylic acids is 1. The largest absolute Gasteiger partial charge is 0.298 e. The molecule has 1 rings (SSSR count). The Labute approximate surface area is 89.5 Å². The van der Waals surface area contributed by atoms with Crippen molar-refractivity contribution in [2.75, 3.05) is 13.6 Å². The van der Waals surface area contributed by atoms with E-state index in [9.17, 15) is 4.79 Å². The van der Waals surface area contributed by atoms with Crippen molar-refractivity contribution in [1.29, 1.82) is 0 Å². The molecule has 0 bridgehead atoms. The zero-order valence-corrected chi connectivity index (χ0v) is 9.64. The summed E-state index contributed by atoms with van der Waals surface area (Å²) in [6.45, 7) is 3.50. The smallest absolute Gasteiger partial charge is 0.146 e. The third-order valence-corrected chi connectivity index (χ3v) is 2.84. The van der Waals surface area contributed by atoms with E-state index in [0.29, 0.717) is 18.7 Å². The second-order valence-electron chi connectivity index (χ2n) is 3.54. The van der Waals surface area contributed by atoms with Gasteiger partial charge in [-0.05, 0) is 24.9 Å². The molecule has 0 radical (unpaired) electrons. The van der Waals surface area contributed by atoms with Gasteiger partial charge in [-0.2, -0.15) is 0 Å². The lowest BCUT2D eigenvalue weighted by Crippen LogP contribution is -2.24. The fraction of sp³-hybridized carbons (Fsp3) is 0.545. The molecule has 0 aromatic carbocycles. The molecule has 0 aliphatic heterocycles. The maximum absolute atomic E-state index is 11.3. The minimum Gasteiger partial charge on any atom is -0.298 e. The summed E-state index contributed by atoms with van der Waals surface area (Å²) in [5.74, 6) is 0.339. The first-order valence-electron chi connectivity index (χ1n) is 4.95. The normalized spacial score (nSPS) is 10.8. The molecule has 0 unspecified atom stereocenters. The second kappa shape index (κ2) is 5.94. The van der Waals surface area contributed by atoms with E-state index in [1.165, 1.54) is 4.88 Å². The van der Waals surface area contributed by atoms with Gasteiger partial charge in [0.1, 0.15) is 5.78 Å². The Morgan fingerprint density at radius 1 is 1.57 bits per heavy atom. The molecular weight excluding hydrogens is 194 g/mol.